The predicted octanol–water partition coefficient (Wildman–Crippen LogP) is 3.92. The first-order valence-corrected chi connectivity index (χ1v) is 9.44. The number of ether oxygens (including phenoxy) is 1. The second-order valence-corrected chi connectivity index (χ2v) is 6.47. The molecule has 0 fully saturated rings. The number of carbonyl (C=O) groups excluding carboxylic acids is 1. The van der Waals surface area contributed by atoms with Gasteiger partial charge in [-0.3, -0.25) is 0 Å². The van der Waals surface area contributed by atoms with E-state index in [2.05, 4.69) is 20.3 Å². The Morgan fingerprint density at radius 2 is 1.82 bits per heavy atom. The summed E-state index contributed by atoms with van der Waals surface area (Å²) in [4.78, 5) is 27.6. The normalized spacial score (nSPS) is 10.7. The standard InChI is InChI=1S/C20H22ClN5O2/c1-4-26(5-2)18-17-16(14(21)11-15(23-17)19(27)28-3)24-20(25-18)22-12-13-9-7-6-8-10-13/h6-11H,4-5,12H2,1-3H3,(H,22,24,25). The lowest BCUT2D eigenvalue weighted by Gasteiger charge is -2.22. The summed E-state index contributed by atoms with van der Waals surface area (Å²) < 4.78 is 4.78. The van der Waals surface area contributed by atoms with Gasteiger partial charge in [-0.15, -0.1) is 0 Å². The van der Waals surface area contributed by atoms with Gasteiger partial charge in [-0.25, -0.2) is 14.8 Å². The minimum Gasteiger partial charge on any atom is -0.464 e. The van der Waals surface area contributed by atoms with Crippen molar-refractivity contribution in [2.24, 2.45) is 0 Å². The van der Waals surface area contributed by atoms with E-state index in [1.165, 1.54) is 13.2 Å². The van der Waals surface area contributed by atoms with Crippen molar-refractivity contribution >= 4 is 40.4 Å². The number of anilines is 2. The topological polar surface area (TPSA) is 80.2 Å². The van der Waals surface area contributed by atoms with E-state index in [-0.39, 0.29) is 5.69 Å². The van der Waals surface area contributed by atoms with Gasteiger partial charge in [0.1, 0.15) is 11.0 Å². The van der Waals surface area contributed by atoms with Crippen molar-refractivity contribution in [2.45, 2.75) is 20.4 Å². The number of aromatic nitrogens is 3. The zero-order chi connectivity index (χ0) is 20.1. The first-order valence-electron chi connectivity index (χ1n) is 9.06. The van der Waals surface area contributed by atoms with E-state index in [1.807, 2.05) is 49.1 Å². The molecule has 8 heteroatoms. The fourth-order valence-corrected chi connectivity index (χ4v) is 3.10. The number of rotatable bonds is 7. The Bertz CT molecular complexity index is 977. The summed E-state index contributed by atoms with van der Waals surface area (Å²) in [5.41, 5.74) is 2.20. The molecule has 1 aromatic carbocycles. The molecule has 0 bridgehead atoms. The number of carbonyl (C=O) groups is 1. The zero-order valence-corrected chi connectivity index (χ0v) is 16.8. The summed E-state index contributed by atoms with van der Waals surface area (Å²) >= 11 is 6.43. The highest BCUT2D eigenvalue weighted by Crippen LogP contribution is 2.29. The maximum absolute atomic E-state index is 11.9. The lowest BCUT2D eigenvalue weighted by atomic mass is 10.2. The number of benzene rings is 1. The number of methoxy groups -OCH3 is 1. The smallest absolute Gasteiger partial charge is 0.356 e. The van der Waals surface area contributed by atoms with Gasteiger partial charge in [0.2, 0.25) is 5.95 Å². The molecular weight excluding hydrogens is 378 g/mol. The fraction of sp³-hybridized carbons (Fsp3) is 0.300. The number of nitrogens with zero attached hydrogens (tertiary/aromatic N) is 4. The molecule has 1 N–H and O–H groups in total. The Kier molecular flexibility index (Phi) is 6.26. The highest BCUT2D eigenvalue weighted by molar-refractivity contribution is 6.35. The Balaban J connectivity index is 2.09. The predicted molar refractivity (Wildman–Crippen MR) is 111 cm³/mol. The highest BCUT2D eigenvalue weighted by Gasteiger charge is 2.19. The van der Waals surface area contributed by atoms with Crippen LogP contribution in [-0.2, 0) is 11.3 Å². The van der Waals surface area contributed by atoms with Crippen molar-refractivity contribution in [3.63, 3.8) is 0 Å². The third-order valence-corrected chi connectivity index (χ3v) is 4.63. The quantitative estimate of drug-likeness (QED) is 0.603. The van der Waals surface area contributed by atoms with Gasteiger partial charge >= 0.3 is 5.97 Å². The summed E-state index contributed by atoms with van der Waals surface area (Å²) in [6.45, 7) is 6.08. The van der Waals surface area contributed by atoms with E-state index in [9.17, 15) is 4.79 Å². The molecule has 2 heterocycles. The summed E-state index contributed by atoms with van der Waals surface area (Å²) in [6, 6.07) is 11.4. The fourth-order valence-electron chi connectivity index (χ4n) is 2.86. The maximum Gasteiger partial charge on any atom is 0.356 e. The van der Waals surface area contributed by atoms with Crippen LogP contribution in [0.1, 0.15) is 29.9 Å². The van der Waals surface area contributed by atoms with Gasteiger partial charge in [-0.2, -0.15) is 4.98 Å². The van der Waals surface area contributed by atoms with E-state index in [0.29, 0.717) is 34.4 Å². The summed E-state index contributed by atoms with van der Waals surface area (Å²) in [5, 5.41) is 3.57. The van der Waals surface area contributed by atoms with Crippen LogP contribution in [0.25, 0.3) is 11.0 Å². The van der Waals surface area contributed by atoms with Gasteiger partial charge in [-0.1, -0.05) is 41.9 Å². The molecule has 0 aliphatic heterocycles. The molecular formula is C20H22ClN5O2. The number of pyridine rings is 1. The highest BCUT2D eigenvalue weighted by atomic mass is 35.5. The molecule has 3 rings (SSSR count). The molecule has 0 radical (unpaired) electrons. The molecule has 0 aliphatic rings. The van der Waals surface area contributed by atoms with Gasteiger partial charge < -0.3 is 15.0 Å². The first kappa shape index (κ1) is 19.8. The minimum absolute atomic E-state index is 0.127. The average Bonchev–Trinajstić information content (AvgIpc) is 2.73. The van der Waals surface area contributed by atoms with E-state index in [1.54, 1.807) is 0 Å². The molecule has 28 heavy (non-hydrogen) atoms. The number of esters is 1. The van der Waals surface area contributed by atoms with E-state index < -0.39 is 5.97 Å². The molecule has 0 atom stereocenters. The largest absolute Gasteiger partial charge is 0.464 e. The van der Waals surface area contributed by atoms with Crippen LogP contribution in [0.3, 0.4) is 0 Å². The van der Waals surface area contributed by atoms with Gasteiger partial charge in [0.15, 0.2) is 11.5 Å². The summed E-state index contributed by atoms with van der Waals surface area (Å²) in [5.74, 6) is 0.520. The number of halogens is 1. The first-order chi connectivity index (χ1) is 13.6. The van der Waals surface area contributed by atoms with Crippen molar-refractivity contribution in [1.82, 2.24) is 15.0 Å². The van der Waals surface area contributed by atoms with E-state index >= 15 is 0 Å². The van der Waals surface area contributed by atoms with Crippen LogP contribution in [-0.4, -0.2) is 41.1 Å². The Labute approximate surface area is 168 Å². The summed E-state index contributed by atoms with van der Waals surface area (Å²) in [7, 11) is 1.31. The van der Waals surface area contributed by atoms with Crippen LogP contribution in [0.2, 0.25) is 5.02 Å². The van der Waals surface area contributed by atoms with Crippen molar-refractivity contribution in [3.8, 4) is 0 Å². The second-order valence-electron chi connectivity index (χ2n) is 6.06. The lowest BCUT2D eigenvalue weighted by molar-refractivity contribution is 0.0594. The monoisotopic (exact) mass is 399 g/mol. The van der Waals surface area contributed by atoms with Crippen LogP contribution in [0.4, 0.5) is 11.8 Å². The molecule has 0 amide bonds. The maximum atomic E-state index is 11.9. The van der Waals surface area contributed by atoms with Gasteiger partial charge in [-0.05, 0) is 25.5 Å². The Morgan fingerprint density at radius 3 is 2.46 bits per heavy atom. The van der Waals surface area contributed by atoms with Crippen LogP contribution >= 0.6 is 11.6 Å². The number of hydrogen-bond acceptors (Lipinski definition) is 7. The zero-order valence-electron chi connectivity index (χ0n) is 16.1. The number of hydrogen-bond donors (Lipinski definition) is 1. The molecule has 2 aromatic heterocycles. The molecule has 3 aromatic rings. The van der Waals surface area contributed by atoms with Gasteiger partial charge in [0.25, 0.3) is 0 Å². The SMILES string of the molecule is CCN(CC)c1nc(NCc2ccccc2)nc2c(Cl)cc(C(=O)OC)nc12. The average molecular weight is 400 g/mol. The third kappa shape index (κ3) is 4.14. The minimum atomic E-state index is -0.555. The number of nitrogens with one attached hydrogen (secondary N) is 1. The second kappa shape index (κ2) is 8.84. The van der Waals surface area contributed by atoms with Crippen molar-refractivity contribution in [2.75, 3.05) is 30.4 Å². The Hall–Kier alpha value is -2.93. The van der Waals surface area contributed by atoms with Gasteiger partial charge in [0.05, 0.1) is 12.1 Å². The van der Waals surface area contributed by atoms with Crippen LogP contribution in [0.15, 0.2) is 36.4 Å². The van der Waals surface area contributed by atoms with E-state index in [0.717, 1.165) is 18.7 Å². The molecule has 146 valence electrons. The summed E-state index contributed by atoms with van der Waals surface area (Å²) in [6.07, 6.45) is 0. The van der Waals surface area contributed by atoms with Crippen molar-refractivity contribution in [3.05, 3.63) is 52.7 Å². The van der Waals surface area contributed by atoms with Crippen molar-refractivity contribution in [1.29, 1.82) is 0 Å². The van der Waals surface area contributed by atoms with E-state index in [4.69, 9.17) is 16.3 Å². The Morgan fingerprint density at radius 1 is 1.11 bits per heavy atom. The van der Waals surface area contributed by atoms with Crippen LogP contribution < -0.4 is 10.2 Å². The molecule has 0 spiro atoms. The molecule has 0 saturated heterocycles. The van der Waals surface area contributed by atoms with Crippen LogP contribution in [0, 0.1) is 0 Å². The third-order valence-electron chi connectivity index (χ3n) is 4.34. The molecule has 0 aliphatic carbocycles. The van der Waals surface area contributed by atoms with Gasteiger partial charge in [0, 0.05) is 19.6 Å². The lowest BCUT2D eigenvalue weighted by Crippen LogP contribution is -2.24. The number of fused-ring (bicyclic) bond motifs is 1. The van der Waals surface area contributed by atoms with Crippen molar-refractivity contribution < 1.29 is 9.53 Å². The molecule has 7 nitrogen and oxygen atoms in total. The molecule has 0 unspecified atom stereocenters. The van der Waals surface area contributed by atoms with Crippen LogP contribution in [0.5, 0.6) is 0 Å². The molecule has 0 saturated carbocycles.